The molecule has 0 rings (SSSR count). The molecule has 66 valence electrons. The molecule has 0 unspecified atom stereocenters. The maximum Gasteiger partial charge on any atom is 0.0963 e. The van der Waals surface area contributed by atoms with E-state index in [2.05, 4.69) is 45.2 Å². The molecule has 0 heterocycles. The zero-order valence-electron chi connectivity index (χ0n) is 9.78. The SMILES string of the molecule is BC(B)CC(CC)(CC)C(B)B. The van der Waals surface area contributed by atoms with Gasteiger partial charge < -0.3 is 0 Å². The van der Waals surface area contributed by atoms with Gasteiger partial charge in [-0.15, -0.1) is 0 Å². The van der Waals surface area contributed by atoms with Crippen LogP contribution in [0, 0.1) is 5.41 Å². The van der Waals surface area contributed by atoms with Crippen molar-refractivity contribution in [1.82, 2.24) is 0 Å². The molecule has 0 N–H and O–H groups in total. The van der Waals surface area contributed by atoms with Gasteiger partial charge in [-0.3, -0.25) is 0 Å². The van der Waals surface area contributed by atoms with E-state index in [1.54, 1.807) is 0 Å². The summed E-state index contributed by atoms with van der Waals surface area (Å²) in [4.78, 5) is 0. The summed E-state index contributed by atoms with van der Waals surface area (Å²) in [5.74, 6) is 0. The summed E-state index contributed by atoms with van der Waals surface area (Å²) >= 11 is 0. The van der Waals surface area contributed by atoms with Gasteiger partial charge in [-0.2, -0.15) is 0 Å². The van der Waals surface area contributed by atoms with Crippen LogP contribution in [-0.4, -0.2) is 31.4 Å². The van der Waals surface area contributed by atoms with Crippen LogP contribution >= 0.6 is 0 Å². The third kappa shape index (κ3) is 2.95. The van der Waals surface area contributed by atoms with Gasteiger partial charge in [-0.25, -0.2) is 0 Å². The van der Waals surface area contributed by atoms with E-state index in [1.165, 1.54) is 19.3 Å². The summed E-state index contributed by atoms with van der Waals surface area (Å²) in [7, 11) is 9.41. The fraction of sp³-hybridized carbons (Fsp3) is 1.00. The van der Waals surface area contributed by atoms with Crippen molar-refractivity contribution in [2.75, 3.05) is 0 Å². The Morgan fingerprint density at radius 3 is 1.50 bits per heavy atom. The van der Waals surface area contributed by atoms with Gasteiger partial charge in [0, 0.05) is 0 Å². The summed E-state index contributed by atoms with van der Waals surface area (Å²) in [6, 6.07) is 0. The predicted molar refractivity (Wildman–Crippen MR) is 69.3 cm³/mol. The Labute approximate surface area is 81.9 Å². The smallest absolute Gasteiger partial charge is 0.0955 e. The first-order valence-corrected chi connectivity index (χ1v) is 5.48. The van der Waals surface area contributed by atoms with Crippen LogP contribution in [0.4, 0.5) is 0 Å². The Hall–Kier alpha value is 0.260. The molecule has 0 nitrogen and oxygen atoms in total. The van der Waals surface area contributed by atoms with Crippen molar-refractivity contribution in [3.63, 3.8) is 0 Å². The molecule has 0 fully saturated rings. The largest absolute Gasteiger partial charge is 0.0963 e. The first-order chi connectivity index (χ1) is 5.48. The molecule has 0 aliphatic rings. The molecule has 0 saturated carbocycles. The van der Waals surface area contributed by atoms with Crippen LogP contribution in [-0.2, 0) is 0 Å². The molecule has 0 aromatic rings. The van der Waals surface area contributed by atoms with Gasteiger partial charge in [0.15, 0.2) is 0 Å². The van der Waals surface area contributed by atoms with Crippen LogP contribution in [0.3, 0.4) is 0 Å². The zero-order valence-corrected chi connectivity index (χ0v) is 9.78. The molecule has 0 saturated heterocycles. The lowest BCUT2D eigenvalue weighted by molar-refractivity contribution is 0.265. The third-order valence-corrected chi connectivity index (χ3v) is 3.45. The Kier molecular flexibility index (Phi) is 5.20. The molecule has 0 aromatic heterocycles. The monoisotopic (exact) mass is 162 g/mol. The van der Waals surface area contributed by atoms with Gasteiger partial charge >= 0.3 is 0 Å². The first-order valence-electron chi connectivity index (χ1n) is 5.48. The van der Waals surface area contributed by atoms with E-state index >= 15 is 0 Å². The van der Waals surface area contributed by atoms with E-state index in [-0.39, 0.29) is 0 Å². The molecule has 0 aliphatic carbocycles. The van der Waals surface area contributed by atoms with Gasteiger partial charge in [-0.05, 0) is 5.41 Å². The van der Waals surface area contributed by atoms with Crippen molar-refractivity contribution in [2.45, 2.75) is 44.5 Å². The number of rotatable bonds is 5. The maximum atomic E-state index is 2.37. The van der Waals surface area contributed by atoms with Gasteiger partial charge in [0.05, 0.1) is 31.4 Å². The molecular weight excluding hydrogens is 139 g/mol. The number of hydrogen-bond donors (Lipinski definition) is 0. The Balaban J connectivity index is 4.35. The van der Waals surface area contributed by atoms with Gasteiger partial charge in [-0.1, -0.05) is 44.5 Å². The lowest BCUT2D eigenvalue weighted by atomic mass is 9.48. The predicted octanol–water partition coefficient (Wildman–Crippen LogP) is -0.793. The van der Waals surface area contributed by atoms with Crippen molar-refractivity contribution in [3.05, 3.63) is 0 Å². The summed E-state index contributed by atoms with van der Waals surface area (Å²) in [5, 5.41) is 0. The molecule has 0 atom stereocenters. The standard InChI is InChI=1S/C8H22B4/c1-3-8(4-2,7(11)12)5-6(9)10/h6-7H,3-5,9-12H2,1-2H3. The second kappa shape index (κ2) is 5.09. The lowest BCUT2D eigenvalue weighted by Crippen LogP contribution is -2.27. The van der Waals surface area contributed by atoms with E-state index in [0.29, 0.717) is 5.41 Å². The molecule has 0 spiro atoms. The molecular formula is C8H22B4. The minimum Gasteiger partial charge on any atom is -0.0955 e. The van der Waals surface area contributed by atoms with E-state index in [0.717, 1.165) is 11.4 Å². The highest BCUT2D eigenvalue weighted by molar-refractivity contribution is 6.37. The minimum atomic E-state index is 0.605. The Bertz CT molecular complexity index is 118. The molecule has 4 heteroatoms. The van der Waals surface area contributed by atoms with Crippen molar-refractivity contribution >= 4 is 31.4 Å². The maximum absolute atomic E-state index is 2.37. The van der Waals surface area contributed by atoms with Crippen LogP contribution in [0.1, 0.15) is 33.1 Å². The second-order valence-electron chi connectivity index (χ2n) is 4.82. The fourth-order valence-electron chi connectivity index (χ4n) is 2.40. The molecule has 0 aliphatic heterocycles. The van der Waals surface area contributed by atoms with E-state index < -0.39 is 0 Å². The molecule has 0 amide bonds. The summed E-state index contributed by atoms with van der Waals surface area (Å²) in [5.41, 5.74) is 2.27. The summed E-state index contributed by atoms with van der Waals surface area (Å²) in [6.45, 7) is 4.68. The molecule has 0 bridgehead atoms. The van der Waals surface area contributed by atoms with Gasteiger partial charge in [0.2, 0.25) is 0 Å². The minimum absolute atomic E-state index is 0.605. The normalized spacial score (nSPS) is 12.7. The van der Waals surface area contributed by atoms with E-state index in [1.807, 2.05) is 0 Å². The topological polar surface area (TPSA) is 0 Å². The average Bonchev–Trinajstić information content (AvgIpc) is 1.99. The summed E-state index contributed by atoms with van der Waals surface area (Å²) in [6.07, 6.45) is 4.05. The fourth-order valence-corrected chi connectivity index (χ4v) is 2.40. The highest BCUT2D eigenvalue weighted by Crippen LogP contribution is 2.41. The van der Waals surface area contributed by atoms with Crippen LogP contribution in [0.15, 0.2) is 0 Å². The van der Waals surface area contributed by atoms with Crippen LogP contribution in [0.2, 0.25) is 11.4 Å². The van der Waals surface area contributed by atoms with Crippen LogP contribution < -0.4 is 0 Å². The molecule has 0 aromatic carbocycles. The average molecular weight is 162 g/mol. The van der Waals surface area contributed by atoms with Crippen molar-refractivity contribution in [1.29, 1.82) is 0 Å². The molecule has 0 radical (unpaired) electrons. The highest BCUT2D eigenvalue weighted by atomic mass is 14.3. The quantitative estimate of drug-likeness (QED) is 0.464. The third-order valence-electron chi connectivity index (χ3n) is 3.45. The van der Waals surface area contributed by atoms with Gasteiger partial charge in [0.1, 0.15) is 0 Å². The number of hydrogen-bond acceptors (Lipinski definition) is 0. The Morgan fingerprint density at radius 2 is 1.42 bits per heavy atom. The van der Waals surface area contributed by atoms with Crippen LogP contribution in [0.25, 0.3) is 0 Å². The lowest BCUT2D eigenvalue weighted by Gasteiger charge is -2.38. The van der Waals surface area contributed by atoms with Crippen molar-refractivity contribution < 1.29 is 0 Å². The van der Waals surface area contributed by atoms with Crippen molar-refractivity contribution in [3.8, 4) is 0 Å². The van der Waals surface area contributed by atoms with Crippen LogP contribution in [0.5, 0.6) is 0 Å². The van der Waals surface area contributed by atoms with Crippen molar-refractivity contribution in [2.24, 2.45) is 5.41 Å². The highest BCUT2D eigenvalue weighted by Gasteiger charge is 2.29. The second-order valence-corrected chi connectivity index (χ2v) is 4.82. The zero-order chi connectivity index (χ0) is 9.78. The Morgan fingerprint density at radius 1 is 1.00 bits per heavy atom. The van der Waals surface area contributed by atoms with E-state index in [4.69, 9.17) is 0 Å². The summed E-state index contributed by atoms with van der Waals surface area (Å²) < 4.78 is 0. The molecule has 12 heavy (non-hydrogen) atoms. The van der Waals surface area contributed by atoms with E-state index in [9.17, 15) is 0 Å². The first kappa shape index (κ1) is 12.3. The van der Waals surface area contributed by atoms with Gasteiger partial charge in [0.25, 0.3) is 0 Å².